The lowest BCUT2D eigenvalue weighted by Gasteiger charge is -2.12. The zero-order valence-electron chi connectivity index (χ0n) is 16.9. The number of fused-ring (bicyclic) bond motifs is 1. The second-order valence-corrected chi connectivity index (χ2v) is 7.54. The average molecular weight is 372 g/mol. The fourth-order valence-corrected chi connectivity index (χ4v) is 3.59. The Morgan fingerprint density at radius 1 is 0.929 bits per heavy atom. The van der Waals surface area contributed by atoms with Crippen molar-refractivity contribution in [1.29, 1.82) is 0 Å². The Kier molecular flexibility index (Phi) is 4.59. The number of aromatic nitrogens is 4. The van der Waals surface area contributed by atoms with Crippen LogP contribution in [-0.2, 0) is 0 Å². The van der Waals surface area contributed by atoms with E-state index in [2.05, 4.69) is 80.0 Å². The van der Waals surface area contributed by atoms with E-state index in [9.17, 15) is 0 Å². The van der Waals surface area contributed by atoms with Crippen LogP contribution < -0.4 is 4.74 Å². The molecular weight excluding hydrogens is 348 g/mol. The number of nitrogens with zero attached hydrogens (tertiary/aromatic N) is 4. The smallest absolute Gasteiger partial charge is 0.233 e. The molecule has 0 bridgehead atoms. The first-order valence-corrected chi connectivity index (χ1v) is 9.49. The van der Waals surface area contributed by atoms with Crippen LogP contribution in [0.3, 0.4) is 0 Å². The number of hydrogen-bond acceptors (Lipinski definition) is 4. The molecule has 2 heterocycles. The van der Waals surface area contributed by atoms with Gasteiger partial charge >= 0.3 is 0 Å². The van der Waals surface area contributed by atoms with Gasteiger partial charge in [-0.05, 0) is 61.6 Å². The van der Waals surface area contributed by atoms with Crippen LogP contribution in [0, 0.1) is 20.8 Å². The van der Waals surface area contributed by atoms with Gasteiger partial charge in [-0.2, -0.15) is 5.10 Å². The fraction of sp³-hybridized carbons (Fsp3) is 0.261. The molecule has 5 nitrogen and oxygen atoms in total. The summed E-state index contributed by atoms with van der Waals surface area (Å²) in [7, 11) is 0. The van der Waals surface area contributed by atoms with Crippen LogP contribution in [0.5, 0.6) is 11.6 Å². The molecule has 2 aromatic carbocycles. The normalized spacial score (nSPS) is 11.4. The summed E-state index contributed by atoms with van der Waals surface area (Å²) in [6.45, 7) is 10.7. The van der Waals surface area contributed by atoms with E-state index in [1.165, 1.54) is 23.0 Å². The first kappa shape index (κ1) is 18.2. The third-order valence-corrected chi connectivity index (χ3v) is 4.99. The SMILES string of the molecule is Cc1ccc(-n2ncc3c(Oc4ccc(C(C)C)c(C)c4)ncnc32)c(C)c1. The summed E-state index contributed by atoms with van der Waals surface area (Å²) >= 11 is 0. The molecule has 0 amide bonds. The largest absolute Gasteiger partial charge is 0.438 e. The van der Waals surface area contributed by atoms with E-state index in [0.717, 1.165) is 28.0 Å². The minimum atomic E-state index is 0.482. The number of rotatable bonds is 4. The minimum absolute atomic E-state index is 0.482. The highest BCUT2D eigenvalue weighted by atomic mass is 16.5. The van der Waals surface area contributed by atoms with Crippen molar-refractivity contribution >= 4 is 11.0 Å². The molecule has 0 radical (unpaired) electrons. The zero-order chi connectivity index (χ0) is 19.8. The van der Waals surface area contributed by atoms with Crippen LogP contribution in [0.1, 0.15) is 42.0 Å². The summed E-state index contributed by atoms with van der Waals surface area (Å²) < 4.78 is 7.94. The van der Waals surface area contributed by atoms with Crippen LogP contribution in [0.25, 0.3) is 16.7 Å². The van der Waals surface area contributed by atoms with E-state index in [1.807, 2.05) is 10.7 Å². The number of aryl methyl sites for hydroxylation is 3. The minimum Gasteiger partial charge on any atom is -0.438 e. The monoisotopic (exact) mass is 372 g/mol. The standard InChI is InChI=1S/C23H24N4O/c1-14(2)19-8-7-18(11-16(19)4)28-23-20-12-26-27(22(20)24-13-25-23)21-9-6-15(3)10-17(21)5/h6-14H,1-5H3. The average Bonchev–Trinajstić information content (AvgIpc) is 3.06. The van der Waals surface area contributed by atoms with E-state index in [-0.39, 0.29) is 0 Å². The summed E-state index contributed by atoms with van der Waals surface area (Å²) in [5.41, 5.74) is 6.63. The number of ether oxygens (including phenoxy) is 1. The topological polar surface area (TPSA) is 52.8 Å². The van der Waals surface area contributed by atoms with Gasteiger partial charge in [0.05, 0.1) is 11.9 Å². The molecule has 4 aromatic rings. The third-order valence-electron chi connectivity index (χ3n) is 4.99. The van der Waals surface area contributed by atoms with Crippen molar-refractivity contribution in [3.05, 3.63) is 71.2 Å². The first-order chi connectivity index (χ1) is 13.4. The molecule has 0 saturated heterocycles. The second-order valence-electron chi connectivity index (χ2n) is 7.54. The molecule has 0 spiro atoms. The number of benzene rings is 2. The van der Waals surface area contributed by atoms with Crippen LogP contribution in [0.2, 0.25) is 0 Å². The summed E-state index contributed by atoms with van der Waals surface area (Å²) in [5, 5.41) is 5.33. The van der Waals surface area contributed by atoms with Crippen molar-refractivity contribution in [3.63, 3.8) is 0 Å². The van der Waals surface area contributed by atoms with Crippen molar-refractivity contribution in [2.24, 2.45) is 0 Å². The van der Waals surface area contributed by atoms with Gasteiger partial charge in [0.25, 0.3) is 0 Å². The van der Waals surface area contributed by atoms with Crippen LogP contribution >= 0.6 is 0 Å². The van der Waals surface area contributed by atoms with E-state index < -0.39 is 0 Å². The Morgan fingerprint density at radius 2 is 1.75 bits per heavy atom. The molecule has 0 atom stereocenters. The van der Waals surface area contributed by atoms with E-state index in [4.69, 9.17) is 4.74 Å². The maximum atomic E-state index is 6.10. The van der Waals surface area contributed by atoms with Gasteiger partial charge < -0.3 is 4.74 Å². The van der Waals surface area contributed by atoms with E-state index >= 15 is 0 Å². The summed E-state index contributed by atoms with van der Waals surface area (Å²) in [6, 6.07) is 12.4. The van der Waals surface area contributed by atoms with Crippen molar-refractivity contribution in [2.75, 3.05) is 0 Å². The quantitative estimate of drug-likeness (QED) is 0.464. The molecule has 0 unspecified atom stereocenters. The van der Waals surface area contributed by atoms with Gasteiger partial charge in [-0.1, -0.05) is 37.6 Å². The van der Waals surface area contributed by atoms with Gasteiger partial charge in [0.1, 0.15) is 17.5 Å². The van der Waals surface area contributed by atoms with Gasteiger partial charge in [0.2, 0.25) is 5.88 Å². The summed E-state index contributed by atoms with van der Waals surface area (Å²) in [5.74, 6) is 1.76. The highest BCUT2D eigenvalue weighted by molar-refractivity contribution is 5.81. The molecule has 0 aliphatic rings. The zero-order valence-corrected chi connectivity index (χ0v) is 16.9. The molecule has 0 N–H and O–H groups in total. The van der Waals surface area contributed by atoms with Crippen molar-refractivity contribution in [2.45, 2.75) is 40.5 Å². The first-order valence-electron chi connectivity index (χ1n) is 9.49. The molecular formula is C23H24N4O. The maximum absolute atomic E-state index is 6.10. The fourth-order valence-electron chi connectivity index (χ4n) is 3.59. The lowest BCUT2D eigenvalue weighted by Crippen LogP contribution is -2.01. The van der Waals surface area contributed by atoms with Crippen LogP contribution in [0.15, 0.2) is 48.9 Å². The predicted octanol–water partition coefficient (Wildman–Crippen LogP) is 5.66. The van der Waals surface area contributed by atoms with Gasteiger partial charge in [-0.15, -0.1) is 0 Å². The Hall–Kier alpha value is -3.21. The molecule has 5 heteroatoms. The van der Waals surface area contributed by atoms with Crippen molar-refractivity contribution in [1.82, 2.24) is 19.7 Å². The Morgan fingerprint density at radius 3 is 2.46 bits per heavy atom. The summed E-state index contributed by atoms with van der Waals surface area (Å²) in [6.07, 6.45) is 3.29. The van der Waals surface area contributed by atoms with E-state index in [0.29, 0.717) is 11.8 Å². The third kappa shape index (κ3) is 3.24. The van der Waals surface area contributed by atoms with Crippen LogP contribution in [0.4, 0.5) is 0 Å². The molecule has 0 fully saturated rings. The maximum Gasteiger partial charge on any atom is 0.233 e. The molecule has 0 aliphatic carbocycles. The van der Waals surface area contributed by atoms with Crippen molar-refractivity contribution in [3.8, 4) is 17.3 Å². The summed E-state index contributed by atoms with van der Waals surface area (Å²) in [4.78, 5) is 8.79. The Bertz CT molecular complexity index is 1160. The van der Waals surface area contributed by atoms with E-state index in [1.54, 1.807) is 6.20 Å². The Balaban J connectivity index is 1.74. The molecule has 2 aromatic heterocycles. The predicted molar refractivity (Wildman–Crippen MR) is 111 cm³/mol. The highest BCUT2D eigenvalue weighted by Gasteiger charge is 2.14. The highest BCUT2D eigenvalue weighted by Crippen LogP contribution is 2.30. The number of hydrogen-bond donors (Lipinski definition) is 0. The van der Waals surface area contributed by atoms with Crippen molar-refractivity contribution < 1.29 is 4.74 Å². The molecule has 142 valence electrons. The second kappa shape index (κ2) is 7.08. The van der Waals surface area contributed by atoms with Crippen LogP contribution in [-0.4, -0.2) is 19.7 Å². The van der Waals surface area contributed by atoms with Gasteiger partial charge in [0, 0.05) is 0 Å². The lowest BCUT2D eigenvalue weighted by atomic mass is 9.98. The van der Waals surface area contributed by atoms with Gasteiger partial charge in [-0.3, -0.25) is 0 Å². The molecule has 4 rings (SSSR count). The lowest BCUT2D eigenvalue weighted by molar-refractivity contribution is 0.467. The molecule has 0 aliphatic heterocycles. The Labute approximate surface area is 165 Å². The van der Waals surface area contributed by atoms with Gasteiger partial charge in [-0.25, -0.2) is 14.6 Å². The van der Waals surface area contributed by atoms with Gasteiger partial charge in [0.15, 0.2) is 5.65 Å². The molecule has 0 saturated carbocycles. The molecule has 28 heavy (non-hydrogen) atoms.